The molecular formula is C10H12N2OS. The van der Waals surface area contributed by atoms with Crippen LogP contribution in [0.3, 0.4) is 0 Å². The lowest BCUT2D eigenvalue weighted by molar-refractivity contribution is -0.126. The molecule has 14 heavy (non-hydrogen) atoms. The summed E-state index contributed by atoms with van der Waals surface area (Å²) in [5.74, 6) is 0.120. The molecule has 0 saturated carbocycles. The zero-order chi connectivity index (χ0) is 10.1. The normalized spacial score (nSPS) is 27.3. The molecule has 1 saturated heterocycles. The van der Waals surface area contributed by atoms with E-state index in [9.17, 15) is 4.79 Å². The van der Waals surface area contributed by atoms with Gasteiger partial charge in [0.2, 0.25) is 5.91 Å². The molecule has 0 aromatic heterocycles. The highest BCUT2D eigenvalue weighted by Crippen LogP contribution is 2.32. The predicted octanol–water partition coefficient (Wildman–Crippen LogP) is 1.48. The highest BCUT2D eigenvalue weighted by Gasteiger charge is 2.32. The summed E-state index contributed by atoms with van der Waals surface area (Å²) < 4.78 is 0. The Balaban J connectivity index is 2.24. The van der Waals surface area contributed by atoms with Gasteiger partial charge in [0, 0.05) is 29.5 Å². The van der Waals surface area contributed by atoms with Crippen molar-refractivity contribution in [3.05, 3.63) is 11.3 Å². The molecule has 1 atom stereocenters. The van der Waals surface area contributed by atoms with Crippen molar-refractivity contribution in [3.8, 4) is 6.07 Å². The summed E-state index contributed by atoms with van der Waals surface area (Å²) in [6, 6.07) is 2.19. The Morgan fingerprint density at radius 2 is 2.29 bits per heavy atom. The van der Waals surface area contributed by atoms with Crippen LogP contribution in [0, 0.1) is 11.3 Å². The first kappa shape index (κ1) is 9.60. The van der Waals surface area contributed by atoms with E-state index >= 15 is 0 Å². The molecule has 0 radical (unpaired) electrons. The van der Waals surface area contributed by atoms with Crippen molar-refractivity contribution < 1.29 is 4.79 Å². The van der Waals surface area contributed by atoms with Gasteiger partial charge in [-0.25, -0.2) is 0 Å². The van der Waals surface area contributed by atoms with E-state index in [2.05, 4.69) is 18.7 Å². The van der Waals surface area contributed by atoms with Crippen molar-refractivity contribution in [3.63, 3.8) is 0 Å². The number of thiol groups is 1. The number of carbonyl (C=O) groups excluding carboxylic acids is 1. The minimum absolute atomic E-state index is 0.120. The summed E-state index contributed by atoms with van der Waals surface area (Å²) in [5, 5.41) is 9.02. The van der Waals surface area contributed by atoms with E-state index in [4.69, 9.17) is 5.26 Å². The maximum absolute atomic E-state index is 11.6. The zero-order valence-corrected chi connectivity index (χ0v) is 8.76. The molecule has 1 unspecified atom stereocenters. The van der Waals surface area contributed by atoms with Crippen LogP contribution in [0.4, 0.5) is 0 Å². The number of nitrogens with zero attached hydrogens (tertiary/aromatic N) is 2. The van der Waals surface area contributed by atoms with Crippen molar-refractivity contribution in [2.75, 3.05) is 6.54 Å². The molecule has 0 N–H and O–H groups in total. The Bertz CT molecular complexity index is 343. The summed E-state index contributed by atoms with van der Waals surface area (Å²) in [6.07, 6.45) is 3.20. The topological polar surface area (TPSA) is 44.1 Å². The number of nitriles is 1. The fourth-order valence-corrected chi connectivity index (χ4v) is 2.42. The number of likely N-dealkylation sites (tertiary alicyclic amines) is 1. The van der Waals surface area contributed by atoms with Gasteiger partial charge in [-0.3, -0.25) is 4.79 Å². The first-order valence-electron chi connectivity index (χ1n) is 4.83. The Morgan fingerprint density at radius 1 is 1.50 bits per heavy atom. The van der Waals surface area contributed by atoms with Gasteiger partial charge in [-0.05, 0) is 19.3 Å². The largest absolute Gasteiger partial charge is 0.314 e. The lowest BCUT2D eigenvalue weighted by atomic mass is 10.2. The van der Waals surface area contributed by atoms with Gasteiger partial charge in [-0.1, -0.05) is 0 Å². The van der Waals surface area contributed by atoms with Crippen LogP contribution in [0.1, 0.15) is 25.7 Å². The predicted molar refractivity (Wildman–Crippen MR) is 55.6 cm³/mol. The van der Waals surface area contributed by atoms with Crippen molar-refractivity contribution in [1.29, 1.82) is 5.26 Å². The van der Waals surface area contributed by atoms with Gasteiger partial charge in [0.05, 0.1) is 6.07 Å². The Kier molecular flexibility index (Phi) is 2.51. The van der Waals surface area contributed by atoms with Crippen LogP contribution < -0.4 is 0 Å². The van der Waals surface area contributed by atoms with E-state index in [1.165, 1.54) is 0 Å². The van der Waals surface area contributed by atoms with Gasteiger partial charge in [0.15, 0.2) is 0 Å². The van der Waals surface area contributed by atoms with Crippen LogP contribution in [0.5, 0.6) is 0 Å². The molecule has 3 nitrogen and oxygen atoms in total. The number of allylic oxidation sites excluding steroid dienone is 2. The van der Waals surface area contributed by atoms with Crippen molar-refractivity contribution >= 4 is 18.5 Å². The van der Waals surface area contributed by atoms with Gasteiger partial charge >= 0.3 is 0 Å². The lowest BCUT2D eigenvalue weighted by Gasteiger charge is -2.17. The van der Waals surface area contributed by atoms with Crippen LogP contribution >= 0.6 is 12.6 Å². The summed E-state index contributed by atoms with van der Waals surface area (Å²) in [7, 11) is 0. The van der Waals surface area contributed by atoms with Gasteiger partial charge in [-0.15, -0.1) is 0 Å². The second kappa shape index (κ2) is 3.66. The molecule has 0 aromatic carbocycles. The van der Waals surface area contributed by atoms with Crippen LogP contribution in [0.25, 0.3) is 0 Å². The first-order chi connectivity index (χ1) is 6.72. The minimum atomic E-state index is 0.120. The molecule has 4 heteroatoms. The summed E-state index contributed by atoms with van der Waals surface area (Å²) >= 11 is 4.29. The Morgan fingerprint density at radius 3 is 2.86 bits per heavy atom. The molecule has 2 aliphatic rings. The minimum Gasteiger partial charge on any atom is -0.314 e. The summed E-state index contributed by atoms with van der Waals surface area (Å²) in [4.78, 5) is 13.3. The Labute approximate surface area is 88.8 Å². The molecule has 2 rings (SSSR count). The lowest BCUT2D eigenvalue weighted by Crippen LogP contribution is -2.24. The Hall–Kier alpha value is -0.950. The zero-order valence-electron chi connectivity index (χ0n) is 7.86. The first-order valence-corrected chi connectivity index (χ1v) is 5.34. The molecule has 1 aliphatic carbocycles. The van der Waals surface area contributed by atoms with Crippen LogP contribution in [-0.2, 0) is 4.79 Å². The highest BCUT2D eigenvalue weighted by molar-refractivity contribution is 7.81. The van der Waals surface area contributed by atoms with E-state index in [1.54, 1.807) is 4.90 Å². The molecular weight excluding hydrogens is 196 g/mol. The van der Waals surface area contributed by atoms with Crippen molar-refractivity contribution in [2.45, 2.75) is 30.9 Å². The number of amides is 1. The molecule has 1 aliphatic heterocycles. The van der Waals surface area contributed by atoms with E-state index in [0.717, 1.165) is 30.5 Å². The fourth-order valence-electron chi connectivity index (χ4n) is 2.10. The summed E-state index contributed by atoms with van der Waals surface area (Å²) in [6.45, 7) is 0.669. The average Bonchev–Trinajstić information content (AvgIpc) is 2.71. The molecule has 1 amide bonds. The molecule has 0 bridgehead atoms. The highest BCUT2D eigenvalue weighted by atomic mass is 32.1. The van der Waals surface area contributed by atoms with E-state index in [0.29, 0.717) is 13.0 Å². The van der Waals surface area contributed by atoms with Crippen molar-refractivity contribution in [1.82, 2.24) is 4.90 Å². The van der Waals surface area contributed by atoms with Gasteiger partial charge in [0.1, 0.15) is 0 Å². The number of rotatable bonds is 1. The standard InChI is InChI=1S/C10H12N2OS/c11-5-7-2-1-3-9(7)12-6-8(14)4-10(12)13/h8,14H,1-4,6H2. The van der Waals surface area contributed by atoms with E-state index in [-0.39, 0.29) is 11.2 Å². The number of hydrogen-bond acceptors (Lipinski definition) is 3. The second-order valence-corrected chi connectivity index (χ2v) is 4.48. The number of carbonyl (C=O) groups is 1. The third-order valence-corrected chi connectivity index (χ3v) is 3.10. The average molecular weight is 208 g/mol. The van der Waals surface area contributed by atoms with E-state index < -0.39 is 0 Å². The third-order valence-electron chi connectivity index (χ3n) is 2.75. The maximum atomic E-state index is 11.6. The smallest absolute Gasteiger partial charge is 0.227 e. The van der Waals surface area contributed by atoms with Gasteiger partial charge < -0.3 is 4.90 Å². The monoisotopic (exact) mass is 208 g/mol. The number of hydrogen-bond donors (Lipinski definition) is 1. The molecule has 74 valence electrons. The quantitative estimate of drug-likeness (QED) is 0.663. The van der Waals surface area contributed by atoms with E-state index in [1.807, 2.05) is 0 Å². The fraction of sp³-hybridized carbons (Fsp3) is 0.600. The summed E-state index contributed by atoms with van der Waals surface area (Å²) in [5.41, 5.74) is 1.75. The molecule has 0 aromatic rings. The maximum Gasteiger partial charge on any atom is 0.227 e. The van der Waals surface area contributed by atoms with Crippen LogP contribution in [-0.4, -0.2) is 22.6 Å². The molecule has 0 spiro atoms. The SMILES string of the molecule is N#CC1=C(N2CC(S)CC2=O)CCC1. The third kappa shape index (κ3) is 1.53. The van der Waals surface area contributed by atoms with Crippen LogP contribution in [0.15, 0.2) is 11.3 Å². The molecule has 1 fully saturated rings. The van der Waals surface area contributed by atoms with Crippen molar-refractivity contribution in [2.24, 2.45) is 0 Å². The second-order valence-electron chi connectivity index (χ2n) is 3.75. The van der Waals surface area contributed by atoms with Gasteiger partial charge in [0.25, 0.3) is 0 Å². The van der Waals surface area contributed by atoms with Crippen LogP contribution in [0.2, 0.25) is 0 Å². The van der Waals surface area contributed by atoms with Gasteiger partial charge in [-0.2, -0.15) is 17.9 Å². The molecule has 1 heterocycles.